The summed E-state index contributed by atoms with van der Waals surface area (Å²) in [5.74, 6) is -0.547. The van der Waals surface area contributed by atoms with E-state index in [0.717, 1.165) is 5.69 Å². The monoisotopic (exact) mass is 336 g/mol. The van der Waals surface area contributed by atoms with Gasteiger partial charge >= 0.3 is 0 Å². The molecule has 0 aromatic carbocycles. The fourth-order valence-corrected chi connectivity index (χ4v) is 1.34. The van der Waals surface area contributed by atoms with Crippen LogP contribution in [0.25, 0.3) is 0 Å². The summed E-state index contributed by atoms with van der Waals surface area (Å²) >= 11 is 0. The van der Waals surface area contributed by atoms with Gasteiger partial charge in [-0.1, -0.05) is 19.9 Å². The highest BCUT2D eigenvalue weighted by Crippen LogP contribution is 1.97. The average Bonchev–Trinajstić information content (AvgIpc) is 2.42. The third-order valence-electron chi connectivity index (χ3n) is 2.64. The molecule has 0 saturated heterocycles. The maximum absolute atomic E-state index is 11.5. The van der Waals surface area contributed by atoms with Crippen LogP contribution in [0.1, 0.15) is 19.5 Å². The lowest BCUT2D eigenvalue weighted by atomic mass is 10.1. The summed E-state index contributed by atoms with van der Waals surface area (Å²) in [5.41, 5.74) is 6.42. The van der Waals surface area contributed by atoms with Gasteiger partial charge < -0.3 is 16.4 Å². The van der Waals surface area contributed by atoms with Crippen molar-refractivity contribution >= 4 is 36.6 Å². The smallest absolute Gasteiger partial charge is 0.239 e. The van der Waals surface area contributed by atoms with Crippen LogP contribution in [0, 0.1) is 5.92 Å². The van der Waals surface area contributed by atoms with Crippen LogP contribution < -0.4 is 16.4 Å². The number of nitrogens with two attached hydrogens (primary N) is 1. The van der Waals surface area contributed by atoms with E-state index in [4.69, 9.17) is 5.73 Å². The molecular formula is C13H22Cl2N4O2. The Hall–Kier alpha value is -1.37. The Morgan fingerprint density at radius 3 is 2.43 bits per heavy atom. The third-order valence-corrected chi connectivity index (χ3v) is 2.64. The van der Waals surface area contributed by atoms with Gasteiger partial charge in [0.2, 0.25) is 11.8 Å². The minimum atomic E-state index is -0.594. The van der Waals surface area contributed by atoms with Crippen molar-refractivity contribution in [3.05, 3.63) is 30.1 Å². The number of rotatable bonds is 6. The average molecular weight is 337 g/mol. The summed E-state index contributed by atoms with van der Waals surface area (Å²) in [6.07, 6.45) is 1.66. The standard InChI is InChI=1S/C13H20N4O2.2ClH/c1-9(2)12(14)13(19)17-8-11(18)16-7-10-5-3-4-6-15-10;;/h3-6,9,12H,7-8,14H2,1-2H3,(H,16,18)(H,17,19);2*1H/t12-;;/m0../s1. The van der Waals surface area contributed by atoms with Gasteiger partial charge in [-0.2, -0.15) is 0 Å². The first kappa shape index (κ1) is 21.9. The lowest BCUT2D eigenvalue weighted by Gasteiger charge is -2.15. The largest absolute Gasteiger partial charge is 0.349 e. The van der Waals surface area contributed by atoms with Gasteiger partial charge in [0.15, 0.2) is 0 Å². The Labute approximate surface area is 137 Å². The molecule has 0 radical (unpaired) electrons. The van der Waals surface area contributed by atoms with Crippen molar-refractivity contribution in [1.82, 2.24) is 15.6 Å². The van der Waals surface area contributed by atoms with E-state index in [-0.39, 0.29) is 49.1 Å². The van der Waals surface area contributed by atoms with Gasteiger partial charge in [-0.05, 0) is 18.1 Å². The Morgan fingerprint density at radius 1 is 1.24 bits per heavy atom. The number of carbonyl (C=O) groups excluding carboxylic acids is 2. The number of amides is 2. The molecule has 1 rings (SSSR count). The lowest BCUT2D eigenvalue weighted by Crippen LogP contribution is -2.47. The van der Waals surface area contributed by atoms with E-state index in [2.05, 4.69) is 15.6 Å². The van der Waals surface area contributed by atoms with Gasteiger partial charge in [-0.3, -0.25) is 14.6 Å². The number of halogens is 2. The number of carbonyl (C=O) groups is 2. The van der Waals surface area contributed by atoms with Crippen LogP contribution in [0.5, 0.6) is 0 Å². The predicted molar refractivity (Wildman–Crippen MR) is 86.4 cm³/mol. The quantitative estimate of drug-likeness (QED) is 0.710. The summed E-state index contributed by atoms with van der Waals surface area (Å²) in [7, 11) is 0. The Balaban J connectivity index is 0. The van der Waals surface area contributed by atoms with Gasteiger partial charge in [0.05, 0.1) is 24.8 Å². The molecule has 0 spiro atoms. The van der Waals surface area contributed by atoms with Crippen molar-refractivity contribution in [2.45, 2.75) is 26.4 Å². The highest BCUT2D eigenvalue weighted by Gasteiger charge is 2.17. The zero-order valence-electron chi connectivity index (χ0n) is 12.0. The van der Waals surface area contributed by atoms with E-state index < -0.39 is 6.04 Å². The Morgan fingerprint density at radius 2 is 1.90 bits per heavy atom. The van der Waals surface area contributed by atoms with Crippen molar-refractivity contribution in [2.75, 3.05) is 6.54 Å². The molecule has 1 aromatic rings. The van der Waals surface area contributed by atoms with Crippen LogP contribution in [0.4, 0.5) is 0 Å². The molecule has 0 bridgehead atoms. The van der Waals surface area contributed by atoms with Crippen LogP contribution in [-0.2, 0) is 16.1 Å². The topological polar surface area (TPSA) is 97.1 Å². The van der Waals surface area contributed by atoms with Crippen LogP contribution in [-0.4, -0.2) is 29.4 Å². The number of aromatic nitrogens is 1. The van der Waals surface area contributed by atoms with E-state index in [1.165, 1.54) is 0 Å². The number of hydrogen-bond donors (Lipinski definition) is 3. The maximum atomic E-state index is 11.5. The molecule has 0 aliphatic heterocycles. The first-order chi connectivity index (χ1) is 9.00. The number of hydrogen-bond acceptors (Lipinski definition) is 4. The third kappa shape index (κ3) is 8.49. The van der Waals surface area contributed by atoms with Crippen LogP contribution in [0.2, 0.25) is 0 Å². The summed E-state index contributed by atoms with van der Waals surface area (Å²) in [4.78, 5) is 27.1. The summed E-state index contributed by atoms with van der Waals surface area (Å²) in [5, 5.41) is 5.17. The first-order valence-electron chi connectivity index (χ1n) is 6.20. The normalized spacial score (nSPS) is 10.9. The van der Waals surface area contributed by atoms with Crippen molar-refractivity contribution in [2.24, 2.45) is 11.7 Å². The SMILES string of the molecule is CC(C)[C@H](N)C(=O)NCC(=O)NCc1ccccn1.Cl.Cl. The molecule has 0 saturated carbocycles. The molecule has 1 aromatic heterocycles. The molecule has 21 heavy (non-hydrogen) atoms. The summed E-state index contributed by atoms with van der Waals surface area (Å²) in [6.45, 7) is 3.97. The minimum Gasteiger partial charge on any atom is -0.349 e. The molecule has 6 nitrogen and oxygen atoms in total. The molecule has 0 aliphatic rings. The number of pyridine rings is 1. The fourth-order valence-electron chi connectivity index (χ4n) is 1.34. The second-order valence-electron chi connectivity index (χ2n) is 4.59. The molecule has 8 heteroatoms. The zero-order valence-corrected chi connectivity index (χ0v) is 13.7. The van der Waals surface area contributed by atoms with Crippen LogP contribution >= 0.6 is 24.8 Å². The summed E-state index contributed by atoms with van der Waals surface area (Å²) in [6, 6.07) is 4.87. The van der Waals surface area contributed by atoms with Crippen molar-refractivity contribution < 1.29 is 9.59 Å². The molecule has 0 unspecified atom stereocenters. The predicted octanol–water partition coefficient (Wildman–Crippen LogP) is 0.641. The Bertz CT molecular complexity index is 429. The van der Waals surface area contributed by atoms with Crippen molar-refractivity contribution in [3.8, 4) is 0 Å². The second kappa shape index (κ2) is 11.3. The van der Waals surface area contributed by atoms with Crippen LogP contribution in [0.3, 0.4) is 0 Å². The first-order valence-corrected chi connectivity index (χ1v) is 6.20. The second-order valence-corrected chi connectivity index (χ2v) is 4.59. The molecule has 2 amide bonds. The molecule has 4 N–H and O–H groups in total. The van der Waals surface area contributed by atoms with Crippen molar-refractivity contribution in [1.29, 1.82) is 0 Å². The van der Waals surface area contributed by atoms with E-state index >= 15 is 0 Å². The van der Waals surface area contributed by atoms with Gasteiger partial charge in [-0.25, -0.2) is 0 Å². The maximum Gasteiger partial charge on any atom is 0.239 e. The Kier molecular flexibility index (Phi) is 11.8. The van der Waals surface area contributed by atoms with Gasteiger partial charge in [-0.15, -0.1) is 24.8 Å². The van der Waals surface area contributed by atoms with E-state index in [0.29, 0.717) is 6.54 Å². The lowest BCUT2D eigenvalue weighted by molar-refractivity contribution is -0.127. The van der Waals surface area contributed by atoms with Gasteiger partial charge in [0.25, 0.3) is 0 Å². The molecule has 120 valence electrons. The molecule has 1 atom stereocenters. The fraction of sp³-hybridized carbons (Fsp3) is 0.462. The van der Waals surface area contributed by atoms with Gasteiger partial charge in [0, 0.05) is 6.20 Å². The number of nitrogens with one attached hydrogen (secondary N) is 2. The zero-order chi connectivity index (χ0) is 14.3. The van der Waals surface area contributed by atoms with Crippen molar-refractivity contribution in [3.63, 3.8) is 0 Å². The van der Waals surface area contributed by atoms with E-state index in [1.54, 1.807) is 12.3 Å². The minimum absolute atomic E-state index is 0. The molecule has 0 aliphatic carbocycles. The molecular weight excluding hydrogens is 315 g/mol. The molecule has 0 fully saturated rings. The highest BCUT2D eigenvalue weighted by molar-refractivity contribution is 5.87. The van der Waals surface area contributed by atoms with E-state index in [1.807, 2.05) is 26.0 Å². The summed E-state index contributed by atoms with van der Waals surface area (Å²) < 4.78 is 0. The van der Waals surface area contributed by atoms with E-state index in [9.17, 15) is 9.59 Å². The van der Waals surface area contributed by atoms with Gasteiger partial charge in [0.1, 0.15) is 0 Å². The molecule has 1 heterocycles. The highest BCUT2D eigenvalue weighted by atomic mass is 35.5. The van der Waals surface area contributed by atoms with Crippen LogP contribution in [0.15, 0.2) is 24.4 Å². The number of nitrogens with zero attached hydrogens (tertiary/aromatic N) is 1.